The molecule has 6 heteroatoms. The van der Waals surface area contributed by atoms with E-state index in [4.69, 9.17) is 0 Å². The maximum atomic E-state index is 12.7. The van der Waals surface area contributed by atoms with Crippen molar-refractivity contribution in [1.29, 1.82) is 0 Å². The zero-order chi connectivity index (χ0) is 14.1. The molecule has 0 radical (unpaired) electrons. The van der Waals surface area contributed by atoms with Gasteiger partial charge in [0.15, 0.2) is 5.69 Å². The molecule has 0 spiro atoms. The molecule has 0 fully saturated rings. The van der Waals surface area contributed by atoms with E-state index in [9.17, 15) is 9.18 Å². The highest BCUT2D eigenvalue weighted by Crippen LogP contribution is 2.18. The maximum absolute atomic E-state index is 12.7. The lowest BCUT2D eigenvalue weighted by molar-refractivity contribution is 0.102. The second kappa shape index (κ2) is 4.73. The minimum absolute atomic E-state index is 0.326. The summed E-state index contributed by atoms with van der Waals surface area (Å²) in [4.78, 5) is 15.7. The third-order valence-electron chi connectivity index (χ3n) is 2.96. The van der Waals surface area contributed by atoms with Crippen molar-refractivity contribution in [3.63, 3.8) is 0 Å². The number of nitrogens with zero attached hydrogens (tertiary/aromatic N) is 3. The van der Waals surface area contributed by atoms with Gasteiger partial charge < -0.3 is 5.32 Å². The standard InChI is InChI=1S/C14H11FN4O/c1-19-11-5-3-2-4-10(11)13(18-19)14(20)17-9-6-7-12(15)16-8-9/h2-8H,1H3,(H,17,20). The summed E-state index contributed by atoms with van der Waals surface area (Å²) in [5.74, 6) is -0.943. The number of benzene rings is 1. The van der Waals surface area contributed by atoms with Gasteiger partial charge in [-0.1, -0.05) is 18.2 Å². The van der Waals surface area contributed by atoms with Crippen molar-refractivity contribution in [3.05, 3.63) is 54.2 Å². The Morgan fingerprint density at radius 2 is 2.05 bits per heavy atom. The summed E-state index contributed by atoms with van der Waals surface area (Å²) in [7, 11) is 1.78. The van der Waals surface area contributed by atoms with Crippen molar-refractivity contribution in [3.8, 4) is 0 Å². The van der Waals surface area contributed by atoms with E-state index in [0.29, 0.717) is 11.4 Å². The number of pyridine rings is 1. The fourth-order valence-corrected chi connectivity index (χ4v) is 2.02. The van der Waals surface area contributed by atoms with E-state index in [2.05, 4.69) is 15.4 Å². The van der Waals surface area contributed by atoms with Crippen molar-refractivity contribution in [2.45, 2.75) is 0 Å². The highest BCUT2D eigenvalue weighted by Gasteiger charge is 2.15. The molecular weight excluding hydrogens is 259 g/mol. The molecule has 1 amide bonds. The van der Waals surface area contributed by atoms with Gasteiger partial charge in [-0.25, -0.2) is 4.98 Å². The third kappa shape index (κ3) is 2.11. The lowest BCUT2D eigenvalue weighted by Gasteiger charge is -2.02. The summed E-state index contributed by atoms with van der Waals surface area (Å²) >= 11 is 0. The van der Waals surface area contributed by atoms with Crippen LogP contribution in [0.3, 0.4) is 0 Å². The monoisotopic (exact) mass is 270 g/mol. The Labute approximate surface area is 114 Å². The molecule has 0 aliphatic carbocycles. The topological polar surface area (TPSA) is 59.8 Å². The second-order valence-corrected chi connectivity index (χ2v) is 4.31. The van der Waals surface area contributed by atoms with Crippen LogP contribution < -0.4 is 5.32 Å². The van der Waals surface area contributed by atoms with Gasteiger partial charge in [-0.3, -0.25) is 9.48 Å². The molecule has 5 nitrogen and oxygen atoms in total. The first kappa shape index (κ1) is 12.3. The van der Waals surface area contributed by atoms with E-state index in [1.165, 1.54) is 18.3 Å². The predicted molar refractivity (Wildman–Crippen MR) is 72.9 cm³/mol. The minimum Gasteiger partial charge on any atom is -0.319 e. The average molecular weight is 270 g/mol. The van der Waals surface area contributed by atoms with Gasteiger partial charge in [-0.15, -0.1) is 0 Å². The number of amides is 1. The van der Waals surface area contributed by atoms with Crippen LogP contribution in [0.15, 0.2) is 42.6 Å². The zero-order valence-corrected chi connectivity index (χ0v) is 10.7. The number of carbonyl (C=O) groups excluding carboxylic acids is 1. The number of nitrogens with one attached hydrogen (secondary N) is 1. The van der Waals surface area contributed by atoms with E-state index in [1.54, 1.807) is 11.7 Å². The summed E-state index contributed by atoms with van der Waals surface area (Å²) in [6, 6.07) is 10.1. The lowest BCUT2D eigenvalue weighted by Crippen LogP contribution is -2.13. The molecule has 1 aromatic carbocycles. The summed E-state index contributed by atoms with van der Waals surface area (Å²) in [6.45, 7) is 0. The summed E-state index contributed by atoms with van der Waals surface area (Å²) < 4.78 is 14.4. The molecule has 3 aromatic rings. The molecule has 0 saturated carbocycles. The van der Waals surface area contributed by atoms with Crippen LogP contribution in [0.25, 0.3) is 10.9 Å². The summed E-state index contributed by atoms with van der Waals surface area (Å²) in [6.07, 6.45) is 1.26. The zero-order valence-electron chi connectivity index (χ0n) is 10.7. The molecule has 0 aliphatic heterocycles. The molecule has 0 bridgehead atoms. The van der Waals surface area contributed by atoms with E-state index in [0.717, 1.165) is 10.9 Å². The third-order valence-corrected chi connectivity index (χ3v) is 2.96. The summed E-state index contributed by atoms with van der Waals surface area (Å²) in [5.41, 5.74) is 1.62. The highest BCUT2D eigenvalue weighted by atomic mass is 19.1. The van der Waals surface area contributed by atoms with Crippen LogP contribution in [0.2, 0.25) is 0 Å². The van der Waals surface area contributed by atoms with Gasteiger partial charge in [0.2, 0.25) is 5.95 Å². The number of aromatic nitrogens is 3. The van der Waals surface area contributed by atoms with Gasteiger partial charge >= 0.3 is 0 Å². The van der Waals surface area contributed by atoms with Crippen molar-refractivity contribution in [2.75, 3.05) is 5.32 Å². The Kier molecular flexibility index (Phi) is 2.90. The number of anilines is 1. The molecule has 0 atom stereocenters. The second-order valence-electron chi connectivity index (χ2n) is 4.31. The first-order valence-corrected chi connectivity index (χ1v) is 6.00. The number of aryl methyl sites for hydroxylation is 1. The van der Waals surface area contributed by atoms with Crippen molar-refractivity contribution in [1.82, 2.24) is 14.8 Å². The van der Waals surface area contributed by atoms with Gasteiger partial charge in [0, 0.05) is 12.4 Å². The number of halogens is 1. The number of para-hydroxylation sites is 1. The maximum Gasteiger partial charge on any atom is 0.276 e. The van der Waals surface area contributed by atoms with Gasteiger partial charge in [0.1, 0.15) is 0 Å². The van der Waals surface area contributed by atoms with Crippen molar-refractivity contribution < 1.29 is 9.18 Å². The smallest absolute Gasteiger partial charge is 0.276 e. The van der Waals surface area contributed by atoms with E-state index < -0.39 is 5.95 Å². The van der Waals surface area contributed by atoms with Crippen LogP contribution in [0, 0.1) is 5.95 Å². The first-order chi connectivity index (χ1) is 9.65. The van der Waals surface area contributed by atoms with Gasteiger partial charge in [0.05, 0.1) is 17.4 Å². The first-order valence-electron chi connectivity index (χ1n) is 6.00. The molecule has 20 heavy (non-hydrogen) atoms. The molecule has 100 valence electrons. The van der Waals surface area contributed by atoms with Gasteiger partial charge in [-0.2, -0.15) is 9.49 Å². The van der Waals surface area contributed by atoms with Crippen LogP contribution in [0.1, 0.15) is 10.5 Å². The Morgan fingerprint density at radius 1 is 1.25 bits per heavy atom. The largest absolute Gasteiger partial charge is 0.319 e. The predicted octanol–water partition coefficient (Wildman–Crippen LogP) is 2.36. The fraction of sp³-hybridized carbons (Fsp3) is 0.0714. The highest BCUT2D eigenvalue weighted by molar-refractivity contribution is 6.11. The SMILES string of the molecule is Cn1nc(C(=O)Nc2ccc(F)nc2)c2ccccc21. The Balaban J connectivity index is 1.95. The van der Waals surface area contributed by atoms with Crippen LogP contribution in [0.5, 0.6) is 0 Å². The van der Waals surface area contributed by atoms with Crippen LogP contribution >= 0.6 is 0 Å². The molecule has 0 saturated heterocycles. The van der Waals surface area contributed by atoms with Gasteiger partial charge in [-0.05, 0) is 18.2 Å². The van der Waals surface area contributed by atoms with Crippen LogP contribution in [0.4, 0.5) is 10.1 Å². The molecule has 2 aromatic heterocycles. The molecule has 3 rings (SSSR count). The number of fused-ring (bicyclic) bond motifs is 1. The molecule has 0 aliphatic rings. The normalized spacial score (nSPS) is 10.7. The molecule has 1 N–H and O–H groups in total. The number of hydrogen-bond donors (Lipinski definition) is 1. The van der Waals surface area contributed by atoms with Crippen LogP contribution in [-0.4, -0.2) is 20.7 Å². The molecule has 2 heterocycles. The van der Waals surface area contributed by atoms with Crippen molar-refractivity contribution >= 4 is 22.5 Å². The molecular formula is C14H11FN4O. The number of rotatable bonds is 2. The van der Waals surface area contributed by atoms with Crippen molar-refractivity contribution in [2.24, 2.45) is 7.05 Å². The Morgan fingerprint density at radius 3 is 2.80 bits per heavy atom. The molecule has 0 unspecified atom stereocenters. The lowest BCUT2D eigenvalue weighted by atomic mass is 10.2. The Bertz CT molecular complexity index is 779. The fourth-order valence-electron chi connectivity index (χ4n) is 2.02. The van der Waals surface area contributed by atoms with Crippen LogP contribution in [-0.2, 0) is 7.05 Å². The minimum atomic E-state index is -0.591. The van der Waals surface area contributed by atoms with Gasteiger partial charge in [0.25, 0.3) is 5.91 Å². The van der Waals surface area contributed by atoms with E-state index in [1.807, 2.05) is 24.3 Å². The van der Waals surface area contributed by atoms with E-state index >= 15 is 0 Å². The summed E-state index contributed by atoms with van der Waals surface area (Å²) in [5, 5.41) is 7.63. The Hall–Kier alpha value is -2.76. The quantitative estimate of drug-likeness (QED) is 0.727. The number of hydrogen-bond acceptors (Lipinski definition) is 3. The number of carbonyl (C=O) groups is 1. The average Bonchev–Trinajstić information content (AvgIpc) is 2.79. The van der Waals surface area contributed by atoms with E-state index in [-0.39, 0.29) is 5.91 Å².